The zero-order valence-corrected chi connectivity index (χ0v) is 9.58. The van der Waals surface area contributed by atoms with E-state index in [1.807, 2.05) is 0 Å². The fourth-order valence-electron chi connectivity index (χ4n) is 1.26. The van der Waals surface area contributed by atoms with Crippen LogP contribution in [0.25, 0.3) is 0 Å². The molecule has 0 bridgehead atoms. The van der Waals surface area contributed by atoms with Gasteiger partial charge in [0.2, 0.25) is 0 Å². The van der Waals surface area contributed by atoms with Crippen molar-refractivity contribution in [2.24, 2.45) is 0 Å². The van der Waals surface area contributed by atoms with Gasteiger partial charge < -0.3 is 10.2 Å². The minimum atomic E-state index is -1.26. The maximum Gasteiger partial charge on any atom is 0.119 e. The van der Waals surface area contributed by atoms with E-state index in [-0.39, 0.29) is 6.61 Å². The molecule has 1 fully saturated rings. The Morgan fingerprint density at radius 1 is 1.69 bits per heavy atom. The third kappa shape index (κ3) is 1.93. The zero-order valence-electron chi connectivity index (χ0n) is 7.95. The summed E-state index contributed by atoms with van der Waals surface area (Å²) in [5.41, 5.74) is -1.26. The molecule has 1 rings (SSSR count). The largest absolute Gasteiger partial charge is 0.393 e. The minimum absolute atomic E-state index is 0.345. The highest BCUT2D eigenvalue weighted by Crippen LogP contribution is 2.42. The molecule has 0 aromatic heterocycles. The van der Waals surface area contributed by atoms with Crippen molar-refractivity contribution < 1.29 is 14.4 Å². The van der Waals surface area contributed by atoms with E-state index in [9.17, 15) is 9.32 Å². The highest BCUT2D eigenvalue weighted by atomic mass is 32.2. The molecule has 0 spiro atoms. The van der Waals surface area contributed by atoms with Crippen LogP contribution in [0.1, 0.15) is 20.3 Å². The quantitative estimate of drug-likeness (QED) is 0.710. The molecule has 1 aliphatic heterocycles. The number of thioether (sulfide) groups is 1. The van der Waals surface area contributed by atoms with Gasteiger partial charge in [0.05, 0.1) is 6.61 Å². The summed E-state index contributed by atoms with van der Waals surface area (Å²) in [5, 5.41) is 18.9. The standard InChI is InChI=1S/C8H16O3S2/c1-7(10,6-9)8(2)12-4-3-5-13(8)11/h9-10H,3-6H2,1-2H3/t7-,8-,13?/m1/s1. The molecule has 0 aromatic rings. The van der Waals surface area contributed by atoms with Crippen molar-refractivity contribution >= 4 is 22.6 Å². The number of hydrogen-bond donors (Lipinski definition) is 2. The van der Waals surface area contributed by atoms with Gasteiger partial charge in [-0.2, -0.15) is 0 Å². The third-order valence-corrected chi connectivity index (χ3v) is 6.93. The lowest BCUT2D eigenvalue weighted by atomic mass is 10.0. The summed E-state index contributed by atoms with van der Waals surface area (Å²) in [7, 11) is -1.06. The predicted octanol–water partition coefficient (Wildman–Crippen LogP) is 0.331. The maximum absolute atomic E-state index is 11.7. The summed E-state index contributed by atoms with van der Waals surface area (Å²) in [4.78, 5) is 0. The Bertz CT molecular complexity index is 217. The smallest absolute Gasteiger partial charge is 0.119 e. The lowest BCUT2D eigenvalue weighted by Crippen LogP contribution is -2.55. The summed E-state index contributed by atoms with van der Waals surface area (Å²) in [6.45, 7) is 2.97. The molecule has 3 atom stereocenters. The summed E-state index contributed by atoms with van der Waals surface area (Å²) in [5.74, 6) is 1.53. The Balaban J connectivity index is 2.89. The molecular formula is C8H16O3S2. The van der Waals surface area contributed by atoms with Gasteiger partial charge in [-0.3, -0.25) is 4.21 Å². The van der Waals surface area contributed by atoms with Gasteiger partial charge in [0.1, 0.15) is 9.68 Å². The highest BCUT2D eigenvalue weighted by Gasteiger charge is 2.49. The van der Waals surface area contributed by atoms with E-state index in [1.165, 1.54) is 11.8 Å². The number of rotatable bonds is 2. The van der Waals surface area contributed by atoms with E-state index >= 15 is 0 Å². The first kappa shape index (κ1) is 11.5. The molecule has 0 aromatic carbocycles. The van der Waals surface area contributed by atoms with Gasteiger partial charge in [0.15, 0.2) is 0 Å². The first-order valence-corrected chi connectivity index (χ1v) is 6.60. The van der Waals surface area contributed by atoms with E-state index in [2.05, 4.69) is 0 Å². The molecule has 1 heterocycles. The van der Waals surface area contributed by atoms with Crippen molar-refractivity contribution in [1.82, 2.24) is 0 Å². The van der Waals surface area contributed by atoms with Crippen LogP contribution in [0.15, 0.2) is 0 Å². The van der Waals surface area contributed by atoms with Gasteiger partial charge in [-0.15, -0.1) is 11.8 Å². The fraction of sp³-hybridized carbons (Fsp3) is 1.00. The van der Waals surface area contributed by atoms with Gasteiger partial charge >= 0.3 is 0 Å². The van der Waals surface area contributed by atoms with Crippen LogP contribution in [0.5, 0.6) is 0 Å². The Morgan fingerprint density at radius 2 is 2.31 bits per heavy atom. The molecule has 0 aliphatic carbocycles. The lowest BCUT2D eigenvalue weighted by Gasteiger charge is -2.42. The molecule has 0 amide bonds. The molecule has 1 aliphatic rings. The molecule has 1 unspecified atom stereocenters. The second-order valence-electron chi connectivity index (χ2n) is 3.63. The van der Waals surface area contributed by atoms with Crippen LogP contribution >= 0.6 is 11.8 Å². The van der Waals surface area contributed by atoms with E-state index in [1.54, 1.807) is 13.8 Å². The molecule has 0 radical (unpaired) electrons. The summed E-state index contributed by atoms with van der Waals surface area (Å²) < 4.78 is 11.0. The summed E-state index contributed by atoms with van der Waals surface area (Å²) >= 11 is 1.49. The van der Waals surface area contributed by atoms with Crippen molar-refractivity contribution in [3.05, 3.63) is 0 Å². The van der Waals surface area contributed by atoms with Gasteiger partial charge in [0.25, 0.3) is 0 Å². The minimum Gasteiger partial charge on any atom is -0.393 e. The first-order valence-electron chi connectivity index (χ1n) is 4.30. The molecular weight excluding hydrogens is 208 g/mol. The van der Waals surface area contributed by atoms with E-state index in [4.69, 9.17) is 5.11 Å². The summed E-state index contributed by atoms with van der Waals surface area (Å²) in [6.07, 6.45) is 0.925. The Morgan fingerprint density at radius 3 is 2.77 bits per heavy atom. The van der Waals surface area contributed by atoms with Crippen molar-refractivity contribution in [2.75, 3.05) is 18.1 Å². The number of hydrogen-bond acceptors (Lipinski definition) is 4. The molecule has 3 nitrogen and oxygen atoms in total. The molecule has 13 heavy (non-hydrogen) atoms. The summed E-state index contributed by atoms with van der Waals surface area (Å²) in [6, 6.07) is 0. The highest BCUT2D eigenvalue weighted by molar-refractivity contribution is 8.13. The van der Waals surface area contributed by atoms with Crippen LogP contribution < -0.4 is 0 Å². The van der Waals surface area contributed by atoms with Gasteiger partial charge in [-0.05, 0) is 26.0 Å². The average Bonchev–Trinajstić information content (AvgIpc) is 2.10. The lowest BCUT2D eigenvalue weighted by molar-refractivity contribution is -0.00543. The van der Waals surface area contributed by atoms with Crippen LogP contribution in [-0.4, -0.2) is 42.2 Å². The van der Waals surface area contributed by atoms with Gasteiger partial charge in [-0.25, -0.2) is 0 Å². The topological polar surface area (TPSA) is 57.5 Å². The van der Waals surface area contributed by atoms with Gasteiger partial charge in [0, 0.05) is 16.6 Å². The molecule has 5 heteroatoms. The first-order chi connectivity index (χ1) is 5.94. The second-order valence-corrected chi connectivity index (χ2v) is 7.32. The van der Waals surface area contributed by atoms with E-state index < -0.39 is 20.5 Å². The number of aliphatic hydroxyl groups excluding tert-OH is 1. The van der Waals surface area contributed by atoms with Crippen LogP contribution in [0.4, 0.5) is 0 Å². The van der Waals surface area contributed by atoms with Crippen LogP contribution in [0.2, 0.25) is 0 Å². The van der Waals surface area contributed by atoms with Crippen LogP contribution in [0.3, 0.4) is 0 Å². The van der Waals surface area contributed by atoms with Crippen molar-refractivity contribution in [3.8, 4) is 0 Å². The SMILES string of the molecule is C[C@@](O)(CO)[C@]1(C)SCCCS1=O. The van der Waals surface area contributed by atoms with Crippen LogP contribution in [0, 0.1) is 0 Å². The Kier molecular flexibility index (Phi) is 3.43. The molecule has 1 saturated heterocycles. The number of aliphatic hydroxyl groups is 2. The molecule has 0 saturated carbocycles. The molecule has 2 N–H and O–H groups in total. The average molecular weight is 224 g/mol. The monoisotopic (exact) mass is 224 g/mol. The fourth-order valence-corrected chi connectivity index (χ4v) is 4.88. The third-order valence-electron chi connectivity index (χ3n) is 2.57. The zero-order chi connectivity index (χ0) is 10.1. The van der Waals surface area contributed by atoms with Crippen molar-refractivity contribution in [1.29, 1.82) is 0 Å². The second kappa shape index (κ2) is 3.88. The van der Waals surface area contributed by atoms with Crippen LogP contribution in [-0.2, 0) is 10.8 Å². The maximum atomic E-state index is 11.7. The van der Waals surface area contributed by atoms with Crippen molar-refractivity contribution in [3.63, 3.8) is 0 Å². The van der Waals surface area contributed by atoms with E-state index in [0.29, 0.717) is 5.75 Å². The van der Waals surface area contributed by atoms with E-state index in [0.717, 1.165) is 12.2 Å². The van der Waals surface area contributed by atoms with Gasteiger partial charge in [-0.1, -0.05) is 0 Å². The van der Waals surface area contributed by atoms with Crippen molar-refractivity contribution in [2.45, 2.75) is 29.9 Å². The Labute approximate surface area is 85.4 Å². The normalized spacial score (nSPS) is 39.8. The Hall–Kier alpha value is 0.420. The molecule has 78 valence electrons. The predicted molar refractivity (Wildman–Crippen MR) is 56.2 cm³/mol.